The van der Waals surface area contributed by atoms with Gasteiger partial charge in [0.25, 0.3) is 5.91 Å². The molecule has 3 aromatic rings. The molecular weight excluding hydrogens is 416 g/mol. The van der Waals surface area contributed by atoms with Crippen molar-refractivity contribution in [1.29, 1.82) is 0 Å². The molecule has 0 atom stereocenters. The number of likely N-dealkylation sites (tertiary alicyclic amines) is 1. The van der Waals surface area contributed by atoms with Gasteiger partial charge in [0.15, 0.2) is 0 Å². The number of nitrogens with zero attached hydrogens (tertiary/aromatic N) is 2. The summed E-state index contributed by atoms with van der Waals surface area (Å²) in [5.74, 6) is 0.752. The van der Waals surface area contributed by atoms with Gasteiger partial charge in [-0.2, -0.15) is 0 Å². The minimum atomic E-state index is -0.533. The Morgan fingerprint density at radius 3 is 2.67 bits per heavy atom. The number of hydrogen-bond acceptors (Lipinski definition) is 5. The first kappa shape index (κ1) is 21.4. The third kappa shape index (κ3) is 3.84. The number of rotatable bonds is 3. The molecule has 1 aromatic heterocycles. The first-order chi connectivity index (χ1) is 15.9. The Bertz CT molecular complexity index is 1240. The van der Waals surface area contributed by atoms with Crippen LogP contribution in [0.5, 0.6) is 5.75 Å². The molecule has 3 heterocycles. The largest absolute Gasteiger partial charge is 0.494 e. The highest BCUT2D eigenvalue weighted by Gasteiger charge is 2.43. The predicted molar refractivity (Wildman–Crippen MR) is 126 cm³/mol. The average Bonchev–Trinajstić information content (AvgIpc) is 2.83. The number of hydrogen-bond donors (Lipinski definition) is 0. The van der Waals surface area contributed by atoms with Crippen LogP contribution in [-0.2, 0) is 11.2 Å². The zero-order valence-electron chi connectivity index (χ0n) is 19.3. The second kappa shape index (κ2) is 8.18. The number of benzene rings is 2. The molecule has 0 aliphatic carbocycles. The van der Waals surface area contributed by atoms with Gasteiger partial charge in [-0.15, -0.1) is 0 Å². The lowest BCUT2D eigenvalue weighted by Gasteiger charge is -2.43. The van der Waals surface area contributed by atoms with Crippen LogP contribution >= 0.6 is 0 Å². The van der Waals surface area contributed by atoms with Gasteiger partial charge in [0.2, 0.25) is 0 Å². The Morgan fingerprint density at radius 2 is 1.94 bits per heavy atom. The smallest absolute Gasteiger partial charge is 0.338 e. The minimum Gasteiger partial charge on any atom is -0.494 e. The Balaban J connectivity index is 1.31. The maximum Gasteiger partial charge on any atom is 0.338 e. The first-order valence-corrected chi connectivity index (χ1v) is 11.5. The number of esters is 1. The highest BCUT2D eigenvalue weighted by atomic mass is 16.6. The van der Waals surface area contributed by atoms with E-state index in [1.807, 2.05) is 35.2 Å². The summed E-state index contributed by atoms with van der Waals surface area (Å²) < 4.78 is 11.4. The highest BCUT2D eigenvalue weighted by Crippen LogP contribution is 2.37. The number of aromatic nitrogens is 1. The first-order valence-electron chi connectivity index (χ1n) is 11.5. The number of piperidine rings is 1. The third-order valence-corrected chi connectivity index (χ3v) is 6.95. The van der Waals surface area contributed by atoms with Crippen LogP contribution in [0.3, 0.4) is 0 Å². The number of fused-ring (bicyclic) bond motifs is 2. The molecule has 0 saturated carbocycles. The third-order valence-electron chi connectivity index (χ3n) is 6.95. The zero-order chi connectivity index (χ0) is 23.2. The molecule has 0 unspecified atom stereocenters. The molecule has 0 radical (unpaired) electrons. The van der Waals surface area contributed by atoms with Crippen LogP contribution in [0.25, 0.3) is 10.9 Å². The molecule has 1 saturated heterocycles. The van der Waals surface area contributed by atoms with Gasteiger partial charge in [0, 0.05) is 43.9 Å². The molecule has 2 aliphatic heterocycles. The van der Waals surface area contributed by atoms with Gasteiger partial charge in [0.05, 0.1) is 18.2 Å². The SMILES string of the molecule is COc1cccc2cc(C(=O)N3CCC4(CC3)Cc3ccc(C(C)C)cc3C(=O)O4)cnc12. The van der Waals surface area contributed by atoms with E-state index in [9.17, 15) is 9.59 Å². The fourth-order valence-electron chi connectivity index (χ4n) is 4.93. The molecule has 170 valence electrons. The van der Waals surface area contributed by atoms with Crippen molar-refractivity contribution >= 4 is 22.8 Å². The molecule has 5 rings (SSSR count). The van der Waals surface area contributed by atoms with E-state index >= 15 is 0 Å². The second-order valence-electron chi connectivity index (χ2n) is 9.37. The molecule has 1 fully saturated rings. The van der Waals surface area contributed by atoms with Crippen molar-refractivity contribution in [2.24, 2.45) is 0 Å². The lowest BCUT2D eigenvalue weighted by molar-refractivity contribution is -0.0527. The second-order valence-corrected chi connectivity index (χ2v) is 9.37. The quantitative estimate of drug-likeness (QED) is 0.545. The lowest BCUT2D eigenvalue weighted by Crippen LogP contribution is -2.51. The van der Waals surface area contributed by atoms with E-state index in [1.165, 1.54) is 0 Å². The number of carbonyl (C=O) groups is 2. The normalized spacial score (nSPS) is 17.2. The summed E-state index contributed by atoms with van der Waals surface area (Å²) in [5, 5.41) is 0.868. The van der Waals surface area contributed by atoms with E-state index in [0.717, 1.165) is 22.0 Å². The molecule has 1 spiro atoms. The molecule has 33 heavy (non-hydrogen) atoms. The summed E-state index contributed by atoms with van der Waals surface area (Å²) in [6.45, 7) is 5.32. The molecule has 2 aliphatic rings. The maximum absolute atomic E-state index is 13.2. The van der Waals surface area contributed by atoms with Gasteiger partial charge in [0.1, 0.15) is 16.9 Å². The van der Waals surface area contributed by atoms with Crippen molar-refractivity contribution in [3.05, 3.63) is 70.9 Å². The number of methoxy groups -OCH3 is 1. The van der Waals surface area contributed by atoms with E-state index in [-0.39, 0.29) is 11.9 Å². The van der Waals surface area contributed by atoms with Gasteiger partial charge in [-0.1, -0.05) is 38.1 Å². The molecule has 1 amide bonds. The summed E-state index contributed by atoms with van der Waals surface area (Å²) in [6, 6.07) is 13.7. The van der Waals surface area contributed by atoms with Gasteiger partial charge < -0.3 is 14.4 Å². The summed E-state index contributed by atoms with van der Waals surface area (Å²) in [7, 11) is 1.61. The van der Waals surface area contributed by atoms with Crippen LogP contribution in [0.15, 0.2) is 48.7 Å². The van der Waals surface area contributed by atoms with Gasteiger partial charge >= 0.3 is 5.97 Å². The number of carbonyl (C=O) groups excluding carboxylic acids is 2. The van der Waals surface area contributed by atoms with Crippen molar-refractivity contribution in [1.82, 2.24) is 9.88 Å². The molecular formula is C27H28N2O4. The monoisotopic (exact) mass is 444 g/mol. The fraction of sp³-hybridized carbons (Fsp3) is 0.370. The molecule has 0 N–H and O–H groups in total. The van der Waals surface area contributed by atoms with E-state index in [1.54, 1.807) is 13.3 Å². The molecule has 6 heteroatoms. The number of ether oxygens (including phenoxy) is 2. The Morgan fingerprint density at radius 1 is 1.15 bits per heavy atom. The predicted octanol–water partition coefficient (Wildman–Crippen LogP) is 4.75. The van der Waals surface area contributed by atoms with E-state index in [2.05, 4.69) is 31.0 Å². The summed E-state index contributed by atoms with van der Waals surface area (Å²) >= 11 is 0. The number of para-hydroxylation sites is 1. The van der Waals surface area contributed by atoms with E-state index in [0.29, 0.717) is 55.1 Å². The average molecular weight is 445 g/mol. The minimum absolute atomic E-state index is 0.0498. The van der Waals surface area contributed by atoms with Gasteiger partial charge in [-0.25, -0.2) is 4.79 Å². The van der Waals surface area contributed by atoms with Gasteiger partial charge in [-0.3, -0.25) is 9.78 Å². The topological polar surface area (TPSA) is 68.7 Å². The van der Waals surface area contributed by atoms with Crippen LogP contribution in [0, 0.1) is 0 Å². The van der Waals surface area contributed by atoms with Crippen LogP contribution in [0.4, 0.5) is 0 Å². The van der Waals surface area contributed by atoms with Crippen molar-refractivity contribution in [2.45, 2.75) is 44.6 Å². The summed E-state index contributed by atoms with van der Waals surface area (Å²) in [5.41, 5.74) is 3.63. The number of pyridine rings is 1. The van der Waals surface area contributed by atoms with Crippen LogP contribution in [-0.4, -0.2) is 47.6 Å². The van der Waals surface area contributed by atoms with Crippen LogP contribution in [0.2, 0.25) is 0 Å². The van der Waals surface area contributed by atoms with Crippen LogP contribution in [0.1, 0.15) is 64.4 Å². The van der Waals surface area contributed by atoms with Crippen molar-refractivity contribution in [3.63, 3.8) is 0 Å². The Labute approximate surface area is 193 Å². The van der Waals surface area contributed by atoms with Crippen molar-refractivity contribution in [2.75, 3.05) is 20.2 Å². The lowest BCUT2D eigenvalue weighted by atomic mass is 9.80. The standard InChI is InChI=1S/C27H28N2O4/c1-17(2)18-7-8-20-15-27(33-26(31)22(20)14-18)9-11-29(12-10-27)25(30)21-13-19-5-4-6-23(32-3)24(19)28-16-21/h4-8,13-14,16-17H,9-12,15H2,1-3H3. The van der Waals surface area contributed by atoms with Crippen molar-refractivity contribution in [3.8, 4) is 5.75 Å². The Kier molecular flexibility index (Phi) is 5.31. The number of amides is 1. The summed E-state index contributed by atoms with van der Waals surface area (Å²) in [6.07, 6.45) is 3.57. The maximum atomic E-state index is 13.2. The zero-order valence-corrected chi connectivity index (χ0v) is 19.3. The van der Waals surface area contributed by atoms with Crippen LogP contribution < -0.4 is 4.74 Å². The van der Waals surface area contributed by atoms with E-state index < -0.39 is 5.60 Å². The highest BCUT2D eigenvalue weighted by molar-refractivity contribution is 5.98. The Hall–Kier alpha value is -3.41. The molecule has 2 aromatic carbocycles. The molecule has 0 bridgehead atoms. The fourth-order valence-corrected chi connectivity index (χ4v) is 4.93. The molecule has 6 nitrogen and oxygen atoms in total. The van der Waals surface area contributed by atoms with Crippen molar-refractivity contribution < 1.29 is 19.1 Å². The summed E-state index contributed by atoms with van der Waals surface area (Å²) in [4.78, 5) is 32.3. The van der Waals surface area contributed by atoms with E-state index in [4.69, 9.17) is 9.47 Å². The van der Waals surface area contributed by atoms with Gasteiger partial charge in [-0.05, 0) is 35.2 Å².